The van der Waals surface area contributed by atoms with Gasteiger partial charge in [-0.15, -0.1) is 11.3 Å². The smallest absolute Gasteiger partial charge is 0.337 e. The topological polar surface area (TPSA) is 50.4 Å². The summed E-state index contributed by atoms with van der Waals surface area (Å²) in [5, 5.41) is 8.10. The fourth-order valence-electron chi connectivity index (χ4n) is 2.66. The summed E-state index contributed by atoms with van der Waals surface area (Å²) in [6.07, 6.45) is 0. The molecule has 7 heteroatoms. The number of allylic oxidation sites excluding steroid dienone is 1. The Morgan fingerprint density at radius 1 is 1.38 bits per heavy atom. The van der Waals surface area contributed by atoms with Crippen LogP contribution in [-0.4, -0.2) is 18.2 Å². The molecule has 1 aliphatic rings. The molecule has 3 rings (SSSR count). The predicted molar refractivity (Wildman–Crippen MR) is 96.0 cm³/mol. The van der Waals surface area contributed by atoms with Crippen LogP contribution in [0.5, 0.6) is 0 Å². The van der Waals surface area contributed by atoms with Crippen LogP contribution in [0.15, 0.2) is 47.0 Å². The number of esters is 1. The van der Waals surface area contributed by atoms with Gasteiger partial charge in [-0.3, -0.25) is 0 Å². The van der Waals surface area contributed by atoms with E-state index in [0.29, 0.717) is 21.9 Å². The summed E-state index contributed by atoms with van der Waals surface area (Å²) >= 11 is 6.68. The second-order valence-corrected chi connectivity index (χ2v) is 6.63. The first-order chi connectivity index (χ1) is 11.5. The lowest BCUT2D eigenvalue weighted by molar-refractivity contribution is -0.136. The number of benzene rings is 1. The van der Waals surface area contributed by atoms with Gasteiger partial charge in [-0.05, 0) is 42.2 Å². The quantitative estimate of drug-likeness (QED) is 0.646. The highest BCUT2D eigenvalue weighted by Crippen LogP contribution is 2.32. The van der Waals surface area contributed by atoms with Crippen molar-refractivity contribution in [3.8, 4) is 10.4 Å². The summed E-state index contributed by atoms with van der Waals surface area (Å²) in [6, 6.07) is 8.13. The maximum Gasteiger partial charge on any atom is 0.337 e. The summed E-state index contributed by atoms with van der Waals surface area (Å²) in [4.78, 5) is 13.1. The van der Waals surface area contributed by atoms with Gasteiger partial charge >= 0.3 is 5.97 Å². The normalized spacial score (nSPS) is 17.3. The Labute approximate surface area is 148 Å². The first kappa shape index (κ1) is 16.6. The van der Waals surface area contributed by atoms with Crippen molar-refractivity contribution in [1.29, 1.82) is 0 Å². The summed E-state index contributed by atoms with van der Waals surface area (Å²) in [7, 11) is 1.29. The van der Waals surface area contributed by atoms with E-state index in [9.17, 15) is 9.18 Å². The molecule has 1 aromatic carbocycles. The van der Waals surface area contributed by atoms with Crippen molar-refractivity contribution in [2.75, 3.05) is 7.11 Å². The number of ether oxygens (including phenoxy) is 1. The molecular formula is C17H15FN2O2S2. The Hall–Kier alpha value is -2.25. The van der Waals surface area contributed by atoms with Crippen molar-refractivity contribution < 1.29 is 13.9 Å². The van der Waals surface area contributed by atoms with E-state index in [1.165, 1.54) is 24.5 Å². The zero-order valence-electron chi connectivity index (χ0n) is 13.1. The van der Waals surface area contributed by atoms with E-state index in [1.54, 1.807) is 13.0 Å². The van der Waals surface area contributed by atoms with Gasteiger partial charge in [0.25, 0.3) is 0 Å². The highest BCUT2D eigenvalue weighted by Gasteiger charge is 2.32. The number of thiophene rings is 1. The van der Waals surface area contributed by atoms with Gasteiger partial charge in [0.05, 0.1) is 18.7 Å². The number of hydrogen-bond acceptors (Lipinski definition) is 4. The zero-order valence-corrected chi connectivity index (χ0v) is 14.7. The van der Waals surface area contributed by atoms with Crippen molar-refractivity contribution >= 4 is 34.6 Å². The Morgan fingerprint density at radius 2 is 2.17 bits per heavy atom. The summed E-state index contributed by atoms with van der Waals surface area (Å²) < 4.78 is 19.6. The summed E-state index contributed by atoms with van der Waals surface area (Å²) in [6.45, 7) is 1.71. The minimum atomic E-state index is -0.691. The Balaban J connectivity index is 2.04. The number of thiocarbonyl (C=S) groups is 1. The zero-order chi connectivity index (χ0) is 17.3. The Bertz CT molecular complexity index is 831. The van der Waals surface area contributed by atoms with Gasteiger partial charge in [0.1, 0.15) is 5.82 Å². The van der Waals surface area contributed by atoms with Gasteiger partial charge in [-0.2, -0.15) is 0 Å². The van der Waals surface area contributed by atoms with Crippen LogP contribution >= 0.6 is 23.6 Å². The van der Waals surface area contributed by atoms with E-state index in [2.05, 4.69) is 10.6 Å². The van der Waals surface area contributed by atoms with E-state index in [4.69, 9.17) is 17.0 Å². The third-order valence-corrected chi connectivity index (χ3v) is 4.93. The molecule has 0 aliphatic carbocycles. The molecule has 1 aromatic heterocycles. The molecule has 2 aromatic rings. The van der Waals surface area contributed by atoms with E-state index < -0.39 is 17.8 Å². The lowest BCUT2D eigenvalue weighted by atomic mass is 9.94. The average Bonchev–Trinajstić information content (AvgIpc) is 3.08. The number of hydrogen-bond donors (Lipinski definition) is 2. The van der Waals surface area contributed by atoms with Crippen LogP contribution in [0.2, 0.25) is 0 Å². The molecule has 124 valence electrons. The van der Waals surface area contributed by atoms with Crippen molar-refractivity contribution in [3.05, 3.63) is 58.4 Å². The van der Waals surface area contributed by atoms with Gasteiger partial charge in [0.2, 0.25) is 0 Å². The summed E-state index contributed by atoms with van der Waals surface area (Å²) in [5.41, 5.74) is 2.01. The number of methoxy groups -OCH3 is 1. The van der Waals surface area contributed by atoms with E-state index in [0.717, 1.165) is 10.4 Å². The van der Waals surface area contributed by atoms with Crippen LogP contribution in [0.3, 0.4) is 0 Å². The lowest BCUT2D eigenvalue weighted by Crippen LogP contribution is -2.45. The van der Waals surface area contributed by atoms with E-state index in [1.807, 2.05) is 23.6 Å². The highest BCUT2D eigenvalue weighted by molar-refractivity contribution is 7.80. The van der Waals surface area contributed by atoms with Crippen LogP contribution in [0, 0.1) is 5.82 Å². The standard InChI is InChI=1S/C17H15FN2O2S2/c1-9-14(16(21)22-2)15(20-17(23)19-9)11-6-5-10(8-12(11)18)13-4-3-7-24-13/h3-8,15H,1-2H3,(H2,19,20,23)/t15-/m0/s1. The van der Waals surface area contributed by atoms with E-state index in [-0.39, 0.29) is 0 Å². The molecule has 0 fully saturated rings. The van der Waals surface area contributed by atoms with Crippen molar-refractivity contribution in [2.24, 2.45) is 0 Å². The second kappa shape index (κ2) is 6.70. The van der Waals surface area contributed by atoms with Gasteiger partial charge in [-0.25, -0.2) is 9.18 Å². The van der Waals surface area contributed by atoms with Crippen LogP contribution in [0.4, 0.5) is 4.39 Å². The fourth-order valence-corrected chi connectivity index (χ4v) is 3.66. The molecule has 0 spiro atoms. The van der Waals surface area contributed by atoms with Gasteiger partial charge in [0, 0.05) is 16.1 Å². The molecule has 0 radical (unpaired) electrons. The van der Waals surface area contributed by atoms with E-state index >= 15 is 0 Å². The molecule has 0 amide bonds. The number of rotatable bonds is 3. The minimum Gasteiger partial charge on any atom is -0.466 e. The van der Waals surface area contributed by atoms with Crippen molar-refractivity contribution in [3.63, 3.8) is 0 Å². The monoisotopic (exact) mass is 362 g/mol. The van der Waals surface area contributed by atoms with Gasteiger partial charge in [0.15, 0.2) is 5.11 Å². The third-order valence-electron chi connectivity index (χ3n) is 3.79. The SMILES string of the molecule is COC(=O)C1=C(C)NC(=S)N[C@H]1c1ccc(-c2cccs2)cc1F. The molecule has 0 unspecified atom stereocenters. The molecule has 24 heavy (non-hydrogen) atoms. The van der Waals surface area contributed by atoms with Gasteiger partial charge in [-0.1, -0.05) is 18.2 Å². The van der Waals surface area contributed by atoms with Crippen LogP contribution in [-0.2, 0) is 9.53 Å². The maximum atomic E-state index is 14.7. The third kappa shape index (κ3) is 3.05. The molecule has 4 nitrogen and oxygen atoms in total. The molecule has 1 aliphatic heterocycles. The molecule has 2 heterocycles. The van der Waals surface area contributed by atoms with Crippen LogP contribution in [0.1, 0.15) is 18.5 Å². The maximum absolute atomic E-state index is 14.7. The first-order valence-electron chi connectivity index (χ1n) is 7.21. The average molecular weight is 362 g/mol. The Morgan fingerprint density at radius 3 is 2.79 bits per heavy atom. The molecule has 1 atom stereocenters. The lowest BCUT2D eigenvalue weighted by Gasteiger charge is -2.29. The van der Waals surface area contributed by atoms with Crippen molar-refractivity contribution in [2.45, 2.75) is 13.0 Å². The van der Waals surface area contributed by atoms with Crippen LogP contribution in [0.25, 0.3) is 10.4 Å². The molecule has 2 N–H and O–H groups in total. The first-order valence-corrected chi connectivity index (χ1v) is 8.50. The highest BCUT2D eigenvalue weighted by atomic mass is 32.1. The van der Waals surface area contributed by atoms with Crippen LogP contribution < -0.4 is 10.6 Å². The second-order valence-electron chi connectivity index (χ2n) is 5.28. The predicted octanol–water partition coefficient (Wildman–Crippen LogP) is 3.52. The number of carbonyl (C=O) groups excluding carboxylic acids is 1. The molecule has 0 saturated carbocycles. The Kier molecular flexibility index (Phi) is 4.64. The van der Waals surface area contributed by atoms with Gasteiger partial charge < -0.3 is 15.4 Å². The van der Waals surface area contributed by atoms with Crippen molar-refractivity contribution in [1.82, 2.24) is 10.6 Å². The largest absolute Gasteiger partial charge is 0.466 e. The number of halogens is 1. The number of carbonyl (C=O) groups is 1. The number of nitrogens with one attached hydrogen (secondary N) is 2. The summed E-state index contributed by atoms with van der Waals surface area (Å²) in [5.74, 6) is -0.931. The molecular weight excluding hydrogens is 347 g/mol. The molecule has 0 bridgehead atoms. The molecule has 0 saturated heterocycles. The minimum absolute atomic E-state index is 0.314. The fraction of sp³-hybridized carbons (Fsp3) is 0.176.